The number of hydrogen-bond acceptors (Lipinski definition) is 5. The van der Waals surface area contributed by atoms with Crippen LogP contribution in [0.2, 0.25) is 5.02 Å². The molecule has 0 atom stereocenters. The van der Waals surface area contributed by atoms with Gasteiger partial charge in [0.1, 0.15) is 12.4 Å². The average Bonchev–Trinajstić information content (AvgIpc) is 2.89. The number of anilines is 1. The van der Waals surface area contributed by atoms with Crippen LogP contribution in [0.4, 0.5) is 5.82 Å². The zero-order valence-corrected chi connectivity index (χ0v) is 19.5. The summed E-state index contributed by atoms with van der Waals surface area (Å²) in [4.78, 5) is 26.4. The van der Waals surface area contributed by atoms with Crippen molar-refractivity contribution in [1.82, 2.24) is 14.9 Å². The molecule has 0 saturated carbocycles. The second kappa shape index (κ2) is 10.2. The summed E-state index contributed by atoms with van der Waals surface area (Å²) < 4.78 is 5.64. The summed E-state index contributed by atoms with van der Waals surface area (Å²) >= 11 is 6.26. The summed E-state index contributed by atoms with van der Waals surface area (Å²) in [6.07, 6.45) is 0. The van der Waals surface area contributed by atoms with Crippen LogP contribution >= 0.6 is 11.6 Å². The molecule has 1 saturated heterocycles. The molecule has 0 aliphatic carbocycles. The van der Waals surface area contributed by atoms with Crippen molar-refractivity contribution in [2.75, 3.05) is 37.7 Å². The summed E-state index contributed by atoms with van der Waals surface area (Å²) in [6, 6.07) is 25.5. The highest BCUT2D eigenvalue weighted by molar-refractivity contribution is 6.31. The average molecular weight is 473 g/mol. The summed E-state index contributed by atoms with van der Waals surface area (Å²) in [5, 5.41) is 1.59. The molecule has 0 unspecified atom stereocenters. The number of aromatic nitrogens is 2. The lowest BCUT2D eigenvalue weighted by molar-refractivity contribution is -0.136. The highest BCUT2D eigenvalue weighted by Crippen LogP contribution is 2.30. The molecule has 4 aromatic rings. The zero-order valence-electron chi connectivity index (χ0n) is 18.7. The topological polar surface area (TPSA) is 58.6 Å². The number of ether oxygens (including phenoxy) is 1. The minimum Gasteiger partial charge on any atom is -0.367 e. The van der Waals surface area contributed by atoms with Gasteiger partial charge >= 0.3 is 0 Å². The number of carbonyl (C=O) groups excluding carboxylic acids is 1. The maximum atomic E-state index is 12.7. The van der Waals surface area contributed by atoms with E-state index in [2.05, 4.69) is 4.90 Å². The van der Waals surface area contributed by atoms with E-state index >= 15 is 0 Å². The molecule has 0 spiro atoms. The van der Waals surface area contributed by atoms with E-state index in [4.69, 9.17) is 26.3 Å². The first-order valence-electron chi connectivity index (χ1n) is 11.3. The van der Waals surface area contributed by atoms with Gasteiger partial charge in [-0.25, -0.2) is 9.97 Å². The van der Waals surface area contributed by atoms with Crippen molar-refractivity contribution in [2.45, 2.75) is 6.61 Å². The molecular weight excluding hydrogens is 448 g/mol. The van der Waals surface area contributed by atoms with Gasteiger partial charge in [-0.3, -0.25) is 4.79 Å². The standard InChI is InChI=1S/C27H25ClN4O2/c28-22-11-12-23-24(17-22)29-26(21-9-5-2-6-10-21)30-27(23)32-15-13-31(14-16-32)25(33)19-34-18-20-7-3-1-4-8-20/h1-12,17H,13-16,18-19H2. The lowest BCUT2D eigenvalue weighted by atomic mass is 10.1. The van der Waals surface area contributed by atoms with Gasteiger partial charge in [0.05, 0.1) is 12.1 Å². The van der Waals surface area contributed by atoms with Crippen LogP contribution in [0.1, 0.15) is 5.56 Å². The van der Waals surface area contributed by atoms with Crippen LogP contribution in [0.15, 0.2) is 78.9 Å². The fourth-order valence-electron chi connectivity index (χ4n) is 4.13. The number of amides is 1. The quantitative estimate of drug-likeness (QED) is 0.403. The first kappa shape index (κ1) is 22.3. The van der Waals surface area contributed by atoms with Gasteiger partial charge in [-0.05, 0) is 23.8 Å². The van der Waals surface area contributed by atoms with Crippen molar-refractivity contribution in [3.8, 4) is 11.4 Å². The molecule has 1 aliphatic rings. The molecule has 7 heteroatoms. The van der Waals surface area contributed by atoms with Gasteiger partial charge in [0.15, 0.2) is 5.82 Å². The van der Waals surface area contributed by atoms with Gasteiger partial charge in [0, 0.05) is 42.2 Å². The van der Waals surface area contributed by atoms with Crippen LogP contribution in [0.25, 0.3) is 22.3 Å². The molecule has 0 N–H and O–H groups in total. The number of halogens is 1. The molecule has 0 bridgehead atoms. The fourth-order valence-corrected chi connectivity index (χ4v) is 4.30. The van der Waals surface area contributed by atoms with Crippen LogP contribution in [0.5, 0.6) is 0 Å². The Morgan fingerprint density at radius 2 is 1.59 bits per heavy atom. The third-order valence-corrected chi connectivity index (χ3v) is 6.17. The van der Waals surface area contributed by atoms with Crippen molar-refractivity contribution in [1.29, 1.82) is 0 Å². The Bertz CT molecular complexity index is 1280. The Hall–Kier alpha value is -3.48. The normalized spacial score (nSPS) is 13.9. The molecule has 5 rings (SSSR count). The predicted octanol–water partition coefficient (Wildman–Crippen LogP) is 4.82. The van der Waals surface area contributed by atoms with Crippen LogP contribution in [-0.4, -0.2) is 53.6 Å². The molecule has 2 heterocycles. The second-order valence-electron chi connectivity index (χ2n) is 8.24. The first-order chi connectivity index (χ1) is 16.7. The fraction of sp³-hybridized carbons (Fsp3) is 0.222. The number of rotatable bonds is 6. The first-order valence-corrected chi connectivity index (χ1v) is 11.7. The van der Waals surface area contributed by atoms with E-state index in [1.54, 1.807) is 0 Å². The van der Waals surface area contributed by atoms with Crippen LogP contribution < -0.4 is 4.90 Å². The lowest BCUT2D eigenvalue weighted by Gasteiger charge is -2.36. The lowest BCUT2D eigenvalue weighted by Crippen LogP contribution is -2.50. The van der Waals surface area contributed by atoms with E-state index in [1.165, 1.54) is 0 Å². The van der Waals surface area contributed by atoms with E-state index < -0.39 is 0 Å². The smallest absolute Gasteiger partial charge is 0.248 e. The van der Waals surface area contributed by atoms with Crippen molar-refractivity contribution in [3.63, 3.8) is 0 Å². The number of carbonyl (C=O) groups is 1. The minimum atomic E-state index is 0.0138. The maximum Gasteiger partial charge on any atom is 0.248 e. The largest absolute Gasteiger partial charge is 0.367 e. The van der Waals surface area contributed by atoms with E-state index in [1.807, 2.05) is 83.8 Å². The zero-order chi connectivity index (χ0) is 23.3. The van der Waals surface area contributed by atoms with Crippen LogP contribution in [-0.2, 0) is 16.1 Å². The van der Waals surface area contributed by atoms with E-state index in [0.29, 0.717) is 43.6 Å². The summed E-state index contributed by atoms with van der Waals surface area (Å²) in [6.45, 7) is 3.13. The van der Waals surface area contributed by atoms with Gasteiger partial charge in [0.25, 0.3) is 0 Å². The third-order valence-electron chi connectivity index (χ3n) is 5.94. The Balaban J connectivity index is 1.29. The Labute approximate surface area is 203 Å². The SMILES string of the molecule is O=C(COCc1ccccc1)N1CCN(c2nc(-c3ccccc3)nc3cc(Cl)ccc23)CC1. The van der Waals surface area contributed by atoms with Gasteiger partial charge in [-0.15, -0.1) is 0 Å². The monoisotopic (exact) mass is 472 g/mol. The second-order valence-corrected chi connectivity index (χ2v) is 8.68. The predicted molar refractivity (Wildman–Crippen MR) is 135 cm³/mol. The Kier molecular flexibility index (Phi) is 6.70. The van der Waals surface area contributed by atoms with E-state index in [0.717, 1.165) is 27.8 Å². The molecule has 0 radical (unpaired) electrons. The van der Waals surface area contributed by atoms with Crippen molar-refractivity contribution in [2.24, 2.45) is 0 Å². The number of piperazine rings is 1. The van der Waals surface area contributed by atoms with Crippen LogP contribution in [0, 0.1) is 0 Å². The van der Waals surface area contributed by atoms with Crippen LogP contribution in [0.3, 0.4) is 0 Å². The summed E-state index contributed by atoms with van der Waals surface area (Å²) in [5.74, 6) is 1.55. The minimum absolute atomic E-state index is 0.0138. The Morgan fingerprint density at radius 3 is 2.32 bits per heavy atom. The van der Waals surface area contributed by atoms with Crippen molar-refractivity contribution < 1.29 is 9.53 Å². The number of nitrogens with zero attached hydrogens (tertiary/aromatic N) is 4. The van der Waals surface area contributed by atoms with Gasteiger partial charge < -0.3 is 14.5 Å². The number of fused-ring (bicyclic) bond motifs is 1. The maximum absolute atomic E-state index is 12.7. The summed E-state index contributed by atoms with van der Waals surface area (Å²) in [5.41, 5.74) is 2.82. The number of benzene rings is 3. The van der Waals surface area contributed by atoms with Crippen molar-refractivity contribution in [3.05, 3.63) is 89.4 Å². The third kappa shape index (κ3) is 5.03. The Morgan fingerprint density at radius 1 is 0.882 bits per heavy atom. The molecule has 1 aromatic heterocycles. The molecule has 1 aliphatic heterocycles. The molecule has 1 fully saturated rings. The molecule has 1 amide bonds. The molecular formula is C27H25ClN4O2. The van der Waals surface area contributed by atoms with Gasteiger partial charge in [-0.1, -0.05) is 72.3 Å². The number of hydrogen-bond donors (Lipinski definition) is 0. The molecule has 34 heavy (non-hydrogen) atoms. The highest BCUT2D eigenvalue weighted by atomic mass is 35.5. The molecule has 6 nitrogen and oxygen atoms in total. The molecule has 3 aromatic carbocycles. The summed E-state index contributed by atoms with van der Waals surface area (Å²) in [7, 11) is 0. The van der Waals surface area contributed by atoms with E-state index in [9.17, 15) is 4.79 Å². The van der Waals surface area contributed by atoms with E-state index in [-0.39, 0.29) is 12.5 Å². The van der Waals surface area contributed by atoms with Gasteiger partial charge in [0.2, 0.25) is 5.91 Å². The highest BCUT2D eigenvalue weighted by Gasteiger charge is 2.24. The molecule has 172 valence electrons. The van der Waals surface area contributed by atoms with Crippen molar-refractivity contribution >= 4 is 34.2 Å². The van der Waals surface area contributed by atoms with Gasteiger partial charge in [-0.2, -0.15) is 0 Å².